The van der Waals surface area contributed by atoms with Gasteiger partial charge in [-0.3, -0.25) is 14.4 Å². The second-order valence-electron chi connectivity index (χ2n) is 10.0. The van der Waals surface area contributed by atoms with Crippen LogP contribution in [0.5, 0.6) is 0 Å². The minimum Gasteiger partial charge on any atom is -0.462 e. The Morgan fingerprint density at radius 1 is 1.00 bits per heavy atom. The maximum absolute atomic E-state index is 13.4. The van der Waals surface area contributed by atoms with Crippen LogP contribution in [-0.4, -0.2) is 68.8 Å². The number of hydrogen-bond donors (Lipinski definition) is 5. The van der Waals surface area contributed by atoms with Gasteiger partial charge in [0.1, 0.15) is 24.7 Å². The second-order valence-corrected chi connectivity index (χ2v) is 12.2. The van der Waals surface area contributed by atoms with Crippen molar-refractivity contribution < 1.29 is 27.5 Å². The Bertz CT molecular complexity index is 1380. The number of ether oxygens (including phenoxy) is 1. The third kappa shape index (κ3) is 12.7. The predicted octanol–water partition coefficient (Wildman–Crippen LogP) is 1.52. The maximum Gasteiger partial charge on any atom is 0.323 e. The molecule has 1 unspecified atom stereocenters. The Kier molecular flexibility index (Phi) is 15.5. The van der Waals surface area contributed by atoms with Crippen molar-refractivity contribution in [1.29, 1.82) is 0 Å². The molecular formula is C29H42ClN7O6S. The topological polar surface area (TPSA) is 212 Å². The molecule has 0 spiro atoms. The number of likely N-dealkylation sites (N-methyl/N-ethyl adjacent to an activating group) is 1. The molecule has 0 saturated heterocycles. The van der Waals surface area contributed by atoms with E-state index in [0.29, 0.717) is 16.3 Å². The highest BCUT2D eigenvalue weighted by Gasteiger charge is 2.33. The summed E-state index contributed by atoms with van der Waals surface area (Å²) in [6.45, 7) is 10.4. The number of aliphatic imine (C=N–C) groups is 1. The first kappa shape index (κ1) is 38.0. The summed E-state index contributed by atoms with van der Waals surface area (Å²) in [6.07, 6.45) is 0. The number of guanidine groups is 1. The molecule has 0 aliphatic heterocycles. The van der Waals surface area contributed by atoms with Gasteiger partial charge in [-0.05, 0) is 48.2 Å². The quantitative estimate of drug-likeness (QED) is 0.0866. The molecule has 242 valence electrons. The van der Waals surface area contributed by atoms with Crippen molar-refractivity contribution in [3.63, 3.8) is 0 Å². The Morgan fingerprint density at radius 2 is 1.55 bits per heavy atom. The van der Waals surface area contributed by atoms with Gasteiger partial charge in [0.15, 0.2) is 5.96 Å². The van der Waals surface area contributed by atoms with Crippen LogP contribution < -0.4 is 27.2 Å². The molecule has 3 atom stereocenters. The zero-order chi connectivity index (χ0) is 33.6. The first-order valence-corrected chi connectivity index (χ1v) is 15.5. The number of carbonyl (C=O) groups excluding carboxylic acids is 3. The van der Waals surface area contributed by atoms with Crippen molar-refractivity contribution in [1.82, 2.24) is 14.9 Å². The van der Waals surface area contributed by atoms with Gasteiger partial charge in [-0.1, -0.05) is 49.7 Å². The molecular weight excluding hydrogens is 610 g/mol. The van der Waals surface area contributed by atoms with Crippen LogP contribution in [0.15, 0.2) is 66.7 Å². The first-order chi connectivity index (χ1) is 20.6. The molecule has 0 saturated carbocycles. The van der Waals surface area contributed by atoms with Crippen molar-refractivity contribution in [2.45, 2.75) is 51.2 Å². The van der Waals surface area contributed by atoms with E-state index in [1.54, 1.807) is 38.1 Å². The standard InChI is InChI=1S/C27H38ClN7O6S.C2H4/c1-16(2)23(29)26(38)41-14-22(34-42(39,40)15-19-5-9-20(28)10-6-19)25(37)35(4)17(3)24(36)32-13-18-7-11-21(12-8-18)33-27(30)31;1-2/h5-12,16-17,22-23,34H,13-15,29H2,1-4H3,(H,32,36)(H4,30,31,33);1-2H2/t17-,22+,23?;/m0./s1. The summed E-state index contributed by atoms with van der Waals surface area (Å²) in [5.74, 6) is -2.87. The minimum absolute atomic E-state index is 0.0827. The molecule has 0 aliphatic carbocycles. The molecule has 0 fully saturated rings. The van der Waals surface area contributed by atoms with Crippen LogP contribution in [0.4, 0.5) is 5.69 Å². The SMILES string of the molecule is C=C.CC(C)C(N)C(=O)OC[C@@H](NS(=O)(=O)Cc1ccc(Cl)cc1)C(=O)N(C)[C@@H](C)C(=O)NCc1ccc(N=C(N)N)cc1. The van der Waals surface area contributed by atoms with Gasteiger partial charge in [-0.25, -0.2) is 13.4 Å². The molecule has 2 rings (SSSR count). The molecule has 0 heterocycles. The predicted molar refractivity (Wildman–Crippen MR) is 172 cm³/mol. The molecule has 15 heteroatoms. The molecule has 44 heavy (non-hydrogen) atoms. The zero-order valence-electron chi connectivity index (χ0n) is 25.3. The van der Waals surface area contributed by atoms with E-state index < -0.39 is 58.3 Å². The van der Waals surface area contributed by atoms with Crippen LogP contribution in [0.1, 0.15) is 31.9 Å². The third-order valence-electron chi connectivity index (χ3n) is 6.24. The fourth-order valence-electron chi connectivity index (χ4n) is 3.53. The number of hydrogen-bond acceptors (Lipinski definition) is 8. The van der Waals surface area contributed by atoms with Crippen LogP contribution in [-0.2, 0) is 41.4 Å². The van der Waals surface area contributed by atoms with Gasteiger partial charge in [-0.15, -0.1) is 13.2 Å². The minimum atomic E-state index is -4.10. The zero-order valence-corrected chi connectivity index (χ0v) is 26.9. The van der Waals surface area contributed by atoms with E-state index in [9.17, 15) is 22.8 Å². The van der Waals surface area contributed by atoms with E-state index in [-0.39, 0.29) is 18.4 Å². The molecule has 13 nitrogen and oxygen atoms in total. The Labute approximate surface area is 263 Å². The highest BCUT2D eigenvalue weighted by atomic mass is 35.5. The fourth-order valence-corrected chi connectivity index (χ4v) is 4.98. The number of rotatable bonds is 14. The number of benzene rings is 2. The van der Waals surface area contributed by atoms with E-state index >= 15 is 0 Å². The van der Waals surface area contributed by atoms with Crippen LogP contribution in [0, 0.1) is 5.92 Å². The smallest absolute Gasteiger partial charge is 0.323 e. The number of carbonyl (C=O) groups is 3. The molecule has 0 aliphatic rings. The van der Waals surface area contributed by atoms with Gasteiger partial charge < -0.3 is 32.2 Å². The molecule has 2 amide bonds. The van der Waals surface area contributed by atoms with Gasteiger partial charge in [0, 0.05) is 18.6 Å². The van der Waals surface area contributed by atoms with E-state index in [4.69, 9.17) is 33.5 Å². The molecule has 2 aromatic rings. The van der Waals surface area contributed by atoms with Crippen molar-refractivity contribution in [2.75, 3.05) is 13.7 Å². The van der Waals surface area contributed by atoms with E-state index in [1.807, 2.05) is 0 Å². The first-order valence-electron chi connectivity index (χ1n) is 13.5. The molecule has 8 N–H and O–H groups in total. The van der Waals surface area contributed by atoms with Crippen molar-refractivity contribution in [3.05, 3.63) is 77.8 Å². The Balaban J connectivity index is 0.00000474. The van der Waals surface area contributed by atoms with E-state index in [1.165, 1.54) is 38.2 Å². The lowest BCUT2D eigenvalue weighted by Crippen LogP contribution is -2.55. The van der Waals surface area contributed by atoms with E-state index in [2.05, 4.69) is 28.2 Å². The normalized spacial score (nSPS) is 13.0. The molecule has 0 radical (unpaired) electrons. The summed E-state index contributed by atoms with van der Waals surface area (Å²) in [4.78, 5) is 43.7. The van der Waals surface area contributed by atoms with Gasteiger partial charge in [0.2, 0.25) is 21.8 Å². The number of nitrogens with one attached hydrogen (secondary N) is 2. The summed E-state index contributed by atoms with van der Waals surface area (Å²) in [5, 5.41) is 3.16. The molecule has 0 bridgehead atoms. The Hall–Kier alpha value is -3.98. The lowest BCUT2D eigenvalue weighted by Gasteiger charge is -2.29. The van der Waals surface area contributed by atoms with Crippen LogP contribution in [0.25, 0.3) is 0 Å². The van der Waals surface area contributed by atoms with Crippen molar-refractivity contribution >= 4 is 51.1 Å². The van der Waals surface area contributed by atoms with E-state index in [0.717, 1.165) is 10.5 Å². The van der Waals surface area contributed by atoms with Gasteiger partial charge in [0.05, 0.1) is 11.4 Å². The number of nitrogens with zero attached hydrogens (tertiary/aromatic N) is 2. The van der Waals surface area contributed by atoms with Gasteiger partial charge in [-0.2, -0.15) is 4.72 Å². The number of halogens is 1. The summed E-state index contributed by atoms with van der Waals surface area (Å²) < 4.78 is 33.5. The highest BCUT2D eigenvalue weighted by molar-refractivity contribution is 7.88. The lowest BCUT2D eigenvalue weighted by molar-refractivity contribution is -0.149. The summed E-state index contributed by atoms with van der Waals surface area (Å²) in [7, 11) is -2.76. The van der Waals surface area contributed by atoms with Crippen LogP contribution >= 0.6 is 11.6 Å². The van der Waals surface area contributed by atoms with Crippen molar-refractivity contribution in [2.24, 2.45) is 28.1 Å². The van der Waals surface area contributed by atoms with Gasteiger partial charge >= 0.3 is 5.97 Å². The van der Waals surface area contributed by atoms with Gasteiger partial charge in [0.25, 0.3) is 0 Å². The summed E-state index contributed by atoms with van der Waals surface area (Å²) in [5.41, 5.74) is 18.3. The lowest BCUT2D eigenvalue weighted by atomic mass is 10.1. The third-order valence-corrected chi connectivity index (χ3v) is 7.85. The largest absolute Gasteiger partial charge is 0.462 e. The van der Waals surface area contributed by atoms with Crippen LogP contribution in [0.2, 0.25) is 5.02 Å². The number of esters is 1. The number of amides is 2. The maximum atomic E-state index is 13.4. The number of sulfonamides is 1. The molecule has 2 aromatic carbocycles. The number of nitrogens with two attached hydrogens (primary N) is 3. The van der Waals surface area contributed by atoms with Crippen LogP contribution in [0.3, 0.4) is 0 Å². The van der Waals surface area contributed by atoms with Crippen molar-refractivity contribution in [3.8, 4) is 0 Å². The summed E-state index contributed by atoms with van der Waals surface area (Å²) >= 11 is 5.88. The fraction of sp³-hybridized carbons (Fsp3) is 0.379. The molecule has 0 aromatic heterocycles. The monoisotopic (exact) mass is 651 g/mol. The second kappa shape index (κ2) is 18.0. The average molecular weight is 652 g/mol. The summed E-state index contributed by atoms with van der Waals surface area (Å²) in [6, 6.07) is 9.45. The Morgan fingerprint density at radius 3 is 2.07 bits per heavy atom. The average Bonchev–Trinajstić information content (AvgIpc) is 2.98. The highest BCUT2D eigenvalue weighted by Crippen LogP contribution is 2.14.